The molecule has 41 heavy (non-hydrogen) atoms. The predicted octanol–water partition coefficient (Wildman–Crippen LogP) is 5.33. The van der Waals surface area contributed by atoms with Crippen molar-refractivity contribution in [3.63, 3.8) is 0 Å². The van der Waals surface area contributed by atoms with Crippen LogP contribution < -0.4 is 26.2 Å². The first-order valence-corrected chi connectivity index (χ1v) is 14.1. The van der Waals surface area contributed by atoms with E-state index in [0.29, 0.717) is 47.1 Å². The number of aryl methyl sites for hydroxylation is 1. The molecule has 0 radical (unpaired) electrons. The molecule has 0 unspecified atom stereocenters. The van der Waals surface area contributed by atoms with Gasteiger partial charge in [0.05, 0.1) is 17.8 Å². The summed E-state index contributed by atoms with van der Waals surface area (Å²) in [7, 11) is 0. The SMILES string of the molecule is Cc1ccc(NC(=O)c2ccsc2)cc1-c1nc(N2CCC(N)CC2)nc2c1CNC(=O)N2c1c(F)cccc1F. The van der Waals surface area contributed by atoms with E-state index >= 15 is 8.78 Å². The van der Waals surface area contributed by atoms with Gasteiger partial charge in [-0.3, -0.25) is 4.79 Å². The first-order valence-electron chi connectivity index (χ1n) is 13.2. The third-order valence-corrected chi connectivity index (χ3v) is 8.01. The van der Waals surface area contributed by atoms with Crippen molar-refractivity contribution in [2.45, 2.75) is 32.4 Å². The number of halogens is 2. The monoisotopic (exact) mass is 575 g/mol. The number of thiophene rings is 1. The van der Waals surface area contributed by atoms with Crippen molar-refractivity contribution < 1.29 is 18.4 Å². The maximum Gasteiger partial charge on any atom is 0.328 e. The lowest BCUT2D eigenvalue weighted by Crippen LogP contribution is -2.44. The van der Waals surface area contributed by atoms with Crippen molar-refractivity contribution in [3.05, 3.63) is 81.5 Å². The van der Waals surface area contributed by atoms with Crippen molar-refractivity contribution in [2.24, 2.45) is 5.73 Å². The van der Waals surface area contributed by atoms with Crippen LogP contribution in [0.15, 0.2) is 53.2 Å². The minimum atomic E-state index is -0.895. The number of rotatable bonds is 5. The smallest absolute Gasteiger partial charge is 0.328 e. The molecule has 0 saturated carbocycles. The topological polar surface area (TPSA) is 116 Å². The number of nitrogens with zero attached hydrogens (tertiary/aromatic N) is 4. The third-order valence-electron chi connectivity index (χ3n) is 7.32. The average Bonchev–Trinajstić information content (AvgIpc) is 3.50. The van der Waals surface area contributed by atoms with Gasteiger partial charge in [0.25, 0.3) is 5.91 Å². The lowest BCUT2D eigenvalue weighted by Gasteiger charge is -2.34. The number of urea groups is 1. The summed E-state index contributed by atoms with van der Waals surface area (Å²) < 4.78 is 30.0. The molecule has 0 atom stereocenters. The van der Waals surface area contributed by atoms with Crippen LogP contribution in [0.1, 0.15) is 34.3 Å². The van der Waals surface area contributed by atoms with Gasteiger partial charge in [-0.2, -0.15) is 16.3 Å². The predicted molar refractivity (Wildman–Crippen MR) is 155 cm³/mol. The fourth-order valence-corrected chi connectivity index (χ4v) is 5.71. The molecule has 4 N–H and O–H groups in total. The molecule has 4 heterocycles. The van der Waals surface area contributed by atoms with Crippen molar-refractivity contribution in [2.75, 3.05) is 28.2 Å². The lowest BCUT2D eigenvalue weighted by atomic mass is 9.99. The number of piperidine rings is 1. The Morgan fingerprint density at radius 1 is 1.12 bits per heavy atom. The first-order chi connectivity index (χ1) is 19.8. The van der Waals surface area contributed by atoms with Crippen molar-refractivity contribution in [3.8, 4) is 11.3 Å². The van der Waals surface area contributed by atoms with Gasteiger partial charge in [-0.15, -0.1) is 0 Å². The molecule has 0 aliphatic carbocycles. The van der Waals surface area contributed by atoms with Crippen molar-refractivity contribution in [1.29, 1.82) is 0 Å². The molecule has 1 fully saturated rings. The molecule has 3 amide bonds. The number of benzene rings is 2. The molecule has 0 spiro atoms. The van der Waals surface area contributed by atoms with Gasteiger partial charge in [-0.1, -0.05) is 12.1 Å². The highest BCUT2D eigenvalue weighted by molar-refractivity contribution is 7.08. The molecule has 0 bridgehead atoms. The zero-order valence-electron chi connectivity index (χ0n) is 22.2. The van der Waals surface area contributed by atoms with Crippen LogP contribution in [0.25, 0.3) is 11.3 Å². The van der Waals surface area contributed by atoms with E-state index in [4.69, 9.17) is 15.7 Å². The molecule has 2 aliphatic rings. The number of para-hydroxylation sites is 1. The number of hydrogen-bond acceptors (Lipinski definition) is 7. The number of aromatic nitrogens is 2. The lowest BCUT2D eigenvalue weighted by molar-refractivity contribution is 0.102. The summed E-state index contributed by atoms with van der Waals surface area (Å²) in [6.07, 6.45) is 1.45. The second kappa shape index (κ2) is 10.9. The van der Waals surface area contributed by atoms with E-state index in [0.717, 1.165) is 35.4 Å². The fourth-order valence-electron chi connectivity index (χ4n) is 5.07. The average molecular weight is 576 g/mol. The van der Waals surface area contributed by atoms with Gasteiger partial charge in [0.15, 0.2) is 5.82 Å². The van der Waals surface area contributed by atoms with Gasteiger partial charge < -0.3 is 21.3 Å². The number of carbonyl (C=O) groups excluding carboxylic acids is 2. The zero-order valence-corrected chi connectivity index (χ0v) is 23.0. The Labute approximate surface area is 239 Å². The number of anilines is 4. The largest absolute Gasteiger partial charge is 0.341 e. The zero-order chi connectivity index (χ0) is 28.7. The number of fused-ring (bicyclic) bond motifs is 1. The molecular formula is C29H27F2N7O2S. The summed E-state index contributed by atoms with van der Waals surface area (Å²) in [4.78, 5) is 38.4. The van der Waals surface area contributed by atoms with Gasteiger partial charge >= 0.3 is 6.03 Å². The first kappa shape index (κ1) is 26.8. The summed E-state index contributed by atoms with van der Waals surface area (Å²) in [5.74, 6) is -1.61. The van der Waals surface area contributed by atoms with Crippen LogP contribution in [0.3, 0.4) is 0 Å². The highest BCUT2D eigenvalue weighted by Crippen LogP contribution is 2.40. The molecule has 2 aliphatic heterocycles. The van der Waals surface area contributed by atoms with Crippen LogP contribution in [-0.2, 0) is 6.54 Å². The highest BCUT2D eigenvalue weighted by Gasteiger charge is 2.35. The van der Waals surface area contributed by atoms with Gasteiger partial charge in [0, 0.05) is 41.3 Å². The third kappa shape index (κ3) is 5.11. The second-order valence-electron chi connectivity index (χ2n) is 10.1. The van der Waals surface area contributed by atoms with Crippen LogP contribution in [0.5, 0.6) is 0 Å². The maximum atomic E-state index is 15.0. The van der Waals surface area contributed by atoms with E-state index in [9.17, 15) is 9.59 Å². The minimum absolute atomic E-state index is 0.0478. The van der Waals surface area contributed by atoms with Crippen LogP contribution in [-0.4, -0.2) is 41.0 Å². The van der Waals surface area contributed by atoms with E-state index in [-0.39, 0.29) is 24.3 Å². The van der Waals surface area contributed by atoms with Crippen LogP contribution in [0, 0.1) is 18.6 Å². The molecule has 9 nitrogen and oxygen atoms in total. The Balaban J connectivity index is 1.51. The molecule has 1 saturated heterocycles. The number of hydrogen-bond donors (Lipinski definition) is 3. The minimum Gasteiger partial charge on any atom is -0.341 e. The van der Waals surface area contributed by atoms with E-state index in [1.807, 2.05) is 29.3 Å². The Kier molecular flexibility index (Phi) is 7.10. The summed E-state index contributed by atoms with van der Waals surface area (Å²) in [6, 6.07) is 10.0. The van der Waals surface area contributed by atoms with E-state index in [2.05, 4.69) is 10.6 Å². The van der Waals surface area contributed by atoms with Gasteiger partial charge in [-0.25, -0.2) is 23.5 Å². The summed E-state index contributed by atoms with van der Waals surface area (Å²) >= 11 is 1.43. The van der Waals surface area contributed by atoms with Gasteiger partial charge in [0.1, 0.15) is 17.3 Å². The van der Waals surface area contributed by atoms with Crippen LogP contribution in [0.2, 0.25) is 0 Å². The molecule has 2 aromatic carbocycles. The molecular weight excluding hydrogens is 548 g/mol. The maximum absolute atomic E-state index is 15.0. The molecule has 4 aromatic rings. The Morgan fingerprint density at radius 2 is 1.88 bits per heavy atom. The Bertz CT molecular complexity index is 1620. The Morgan fingerprint density at radius 3 is 2.59 bits per heavy atom. The van der Waals surface area contributed by atoms with E-state index in [1.54, 1.807) is 17.5 Å². The van der Waals surface area contributed by atoms with Crippen molar-refractivity contribution >= 4 is 46.4 Å². The number of nitrogens with two attached hydrogens (primary N) is 1. The fraction of sp³-hybridized carbons (Fsp3) is 0.241. The van der Waals surface area contributed by atoms with Crippen molar-refractivity contribution in [1.82, 2.24) is 15.3 Å². The number of amides is 3. The quantitative estimate of drug-likeness (QED) is 0.296. The van der Waals surface area contributed by atoms with Gasteiger partial charge in [-0.05, 0) is 61.0 Å². The number of carbonyl (C=O) groups is 2. The Hall–Kier alpha value is -4.42. The molecule has 12 heteroatoms. The standard InChI is InChI=1S/C29H27F2N7O2S/c1-16-5-6-19(34-27(39)17-9-12-41-15-17)13-20(16)24-21-14-33-29(40)38(25-22(30)3-2-4-23(25)31)26(21)36-28(35-24)37-10-7-18(32)8-11-37/h2-6,9,12-13,15,18H,7-8,10-11,14,32H2,1H3,(H,33,40)(H,34,39). The normalized spacial score (nSPS) is 15.5. The van der Waals surface area contributed by atoms with Gasteiger partial charge in [0.2, 0.25) is 5.95 Å². The van der Waals surface area contributed by atoms with Crippen LogP contribution >= 0.6 is 11.3 Å². The number of nitrogens with one attached hydrogen (secondary N) is 2. The summed E-state index contributed by atoms with van der Waals surface area (Å²) in [5, 5.41) is 9.23. The summed E-state index contributed by atoms with van der Waals surface area (Å²) in [6.45, 7) is 3.14. The highest BCUT2D eigenvalue weighted by atomic mass is 32.1. The molecule has 210 valence electrons. The summed E-state index contributed by atoms with van der Waals surface area (Å²) in [5.41, 5.74) is 9.23. The molecule has 6 rings (SSSR count). The van der Waals surface area contributed by atoms with E-state index in [1.165, 1.54) is 17.4 Å². The van der Waals surface area contributed by atoms with E-state index < -0.39 is 23.4 Å². The van der Waals surface area contributed by atoms with Crippen LogP contribution in [0.4, 0.5) is 36.7 Å². The second-order valence-corrected chi connectivity index (χ2v) is 10.8. The molecule has 2 aromatic heterocycles.